The van der Waals surface area contributed by atoms with Gasteiger partial charge in [-0.15, -0.1) is 0 Å². The summed E-state index contributed by atoms with van der Waals surface area (Å²) in [4.78, 5) is 2.54. The van der Waals surface area contributed by atoms with Crippen molar-refractivity contribution >= 4 is 38.6 Å². The van der Waals surface area contributed by atoms with Gasteiger partial charge in [0.25, 0.3) is 0 Å². The molecule has 8 unspecified atom stereocenters. The van der Waals surface area contributed by atoms with Crippen molar-refractivity contribution in [3.63, 3.8) is 0 Å². The van der Waals surface area contributed by atoms with Crippen LogP contribution < -0.4 is 4.90 Å². The van der Waals surface area contributed by atoms with Gasteiger partial charge in [0.05, 0.1) is 0 Å². The molecular weight excluding hydrogens is 615 g/mol. The number of hydrogen-bond donors (Lipinski definition) is 0. The first-order valence-corrected chi connectivity index (χ1v) is 19.9. The lowest BCUT2D eigenvalue weighted by Gasteiger charge is -2.79. The molecule has 7 fully saturated rings. The van der Waals surface area contributed by atoms with Crippen LogP contribution in [0.1, 0.15) is 76.0 Å². The first kappa shape index (κ1) is 29.2. The maximum atomic E-state index is 2.75. The van der Waals surface area contributed by atoms with Crippen LogP contribution in [0.15, 0.2) is 121 Å². The van der Waals surface area contributed by atoms with Crippen molar-refractivity contribution in [1.29, 1.82) is 0 Å². The fourth-order valence-corrected chi connectivity index (χ4v) is 14.5. The average Bonchev–Trinajstić information content (AvgIpc) is 3.39. The van der Waals surface area contributed by atoms with Crippen molar-refractivity contribution in [2.45, 2.75) is 70.1 Å². The predicted molar refractivity (Wildman–Crippen MR) is 212 cm³/mol. The average molecular weight is 662 g/mol. The summed E-state index contributed by atoms with van der Waals surface area (Å²) in [5, 5.41) is 5.22. The van der Waals surface area contributed by atoms with E-state index in [-0.39, 0.29) is 5.41 Å². The molecule has 8 aliphatic rings. The lowest BCUT2D eigenvalue weighted by molar-refractivity contribution is -0.266. The summed E-state index contributed by atoms with van der Waals surface area (Å²) >= 11 is 0. The van der Waals surface area contributed by atoms with Gasteiger partial charge in [-0.2, -0.15) is 0 Å². The molecule has 8 atom stereocenters. The molecule has 0 aromatic heterocycles. The van der Waals surface area contributed by atoms with E-state index in [1.807, 2.05) is 0 Å². The largest absolute Gasteiger partial charge is 0.310 e. The zero-order valence-electron chi connectivity index (χ0n) is 30.2. The molecule has 0 heterocycles. The second-order valence-corrected chi connectivity index (χ2v) is 18.5. The molecule has 6 aromatic rings. The first-order chi connectivity index (χ1) is 24.8. The van der Waals surface area contributed by atoms with Crippen LogP contribution in [0.25, 0.3) is 32.7 Å². The van der Waals surface area contributed by atoms with Crippen LogP contribution >= 0.6 is 0 Å². The number of hydrogen-bond acceptors (Lipinski definition) is 1. The van der Waals surface area contributed by atoms with Crippen LogP contribution in [0.5, 0.6) is 0 Å². The number of rotatable bonds is 4. The van der Waals surface area contributed by atoms with Gasteiger partial charge in [-0.25, -0.2) is 0 Å². The highest BCUT2D eigenvalue weighted by molar-refractivity contribution is 6.08. The van der Waals surface area contributed by atoms with Gasteiger partial charge < -0.3 is 4.90 Å². The predicted octanol–water partition coefficient (Wildman–Crippen LogP) is 13.1. The molecule has 1 nitrogen and oxygen atoms in total. The number of anilines is 3. The Labute approximate surface area is 302 Å². The van der Waals surface area contributed by atoms with Crippen molar-refractivity contribution in [3.8, 4) is 11.1 Å². The molecule has 0 aliphatic heterocycles. The Morgan fingerprint density at radius 3 is 2.04 bits per heavy atom. The Balaban J connectivity index is 1.01. The van der Waals surface area contributed by atoms with Crippen LogP contribution in [-0.2, 0) is 10.8 Å². The molecule has 0 radical (unpaired) electrons. The molecule has 51 heavy (non-hydrogen) atoms. The molecule has 252 valence electrons. The second-order valence-electron chi connectivity index (χ2n) is 18.5. The Morgan fingerprint density at radius 2 is 1.16 bits per heavy atom. The van der Waals surface area contributed by atoms with E-state index in [0.717, 1.165) is 35.5 Å². The Bertz CT molecular complexity index is 2430. The monoisotopic (exact) mass is 661 g/mol. The molecule has 6 aromatic carbocycles. The summed E-state index contributed by atoms with van der Waals surface area (Å²) in [5.41, 5.74) is 11.8. The summed E-state index contributed by atoms with van der Waals surface area (Å²) in [6.07, 6.45) is 8.98. The highest BCUT2D eigenvalue weighted by Crippen LogP contribution is 2.80. The molecule has 1 heteroatoms. The van der Waals surface area contributed by atoms with Crippen LogP contribution in [0.2, 0.25) is 0 Å². The molecule has 8 aliphatic carbocycles. The van der Waals surface area contributed by atoms with Crippen LogP contribution in [0.3, 0.4) is 0 Å². The highest BCUT2D eigenvalue weighted by atomic mass is 15.1. The molecule has 0 spiro atoms. The van der Waals surface area contributed by atoms with E-state index in [9.17, 15) is 0 Å². The topological polar surface area (TPSA) is 3.24 Å². The van der Waals surface area contributed by atoms with Gasteiger partial charge in [-0.05, 0) is 165 Å². The van der Waals surface area contributed by atoms with Crippen molar-refractivity contribution < 1.29 is 0 Å². The number of nitrogens with zero attached hydrogens (tertiary/aromatic N) is 1. The van der Waals surface area contributed by atoms with Crippen molar-refractivity contribution in [2.75, 3.05) is 4.90 Å². The normalized spacial score (nSPS) is 32.8. The minimum Gasteiger partial charge on any atom is -0.310 e. The van der Waals surface area contributed by atoms with Crippen LogP contribution in [0, 0.1) is 40.9 Å². The maximum absolute atomic E-state index is 2.75. The minimum atomic E-state index is -0.0494. The summed E-state index contributed by atoms with van der Waals surface area (Å²) in [7, 11) is 0. The Morgan fingerprint density at radius 1 is 0.510 bits per heavy atom. The standard InChI is InChI=1S/C50H47N/c1-48(2)44-11-7-6-10-40(44)41-21-19-37(27-45(41)48)51(36-18-20-39-33(26-36)13-12-32-8-4-5-9-38(32)39)35-16-14-34(15-17-35)50-29-31-23-43-42-22-30(25-47(43)50)28-49(50,3)46(42)24-31/h4-21,26-27,30-31,42-43,46-47H,22-25,28-29H2,1-3H3. The van der Waals surface area contributed by atoms with Gasteiger partial charge in [-0.3, -0.25) is 0 Å². The molecular formula is C50H47N. The lowest BCUT2D eigenvalue weighted by Crippen LogP contribution is -2.74. The van der Waals surface area contributed by atoms with Crippen molar-refractivity contribution in [2.24, 2.45) is 40.9 Å². The third-order valence-electron chi connectivity index (χ3n) is 16.2. The summed E-state index contributed by atoms with van der Waals surface area (Å²) in [6, 6.07) is 46.9. The zero-order chi connectivity index (χ0) is 33.9. The quantitative estimate of drug-likeness (QED) is 0.170. The van der Waals surface area contributed by atoms with Gasteiger partial charge in [0, 0.05) is 27.9 Å². The summed E-state index contributed by atoms with van der Waals surface area (Å²) in [5.74, 6) is 5.77. The second kappa shape index (κ2) is 9.74. The van der Waals surface area contributed by atoms with Gasteiger partial charge in [0.15, 0.2) is 0 Å². The molecule has 0 saturated heterocycles. The summed E-state index contributed by atoms with van der Waals surface area (Å²) < 4.78 is 0. The smallest absolute Gasteiger partial charge is 0.0468 e. The molecule has 7 saturated carbocycles. The van der Waals surface area contributed by atoms with E-state index in [2.05, 4.69) is 147 Å². The SMILES string of the molecule is CC1(C)c2ccccc2-c2ccc(N(c3ccc(C45CC6CC7C8CC(CC74)CC5(C)C8C6)cc3)c3ccc4c(ccc5ccccc54)c3)cc21. The molecule has 14 rings (SSSR count). The minimum absolute atomic E-state index is 0.0494. The zero-order valence-corrected chi connectivity index (χ0v) is 30.2. The highest BCUT2D eigenvalue weighted by Gasteiger charge is 2.74. The van der Waals surface area contributed by atoms with Gasteiger partial charge in [0.1, 0.15) is 0 Å². The fourth-order valence-electron chi connectivity index (χ4n) is 14.5. The van der Waals surface area contributed by atoms with E-state index < -0.39 is 0 Å². The van der Waals surface area contributed by atoms with Gasteiger partial charge >= 0.3 is 0 Å². The van der Waals surface area contributed by atoms with Crippen molar-refractivity contribution in [1.82, 2.24) is 0 Å². The number of benzene rings is 6. The van der Waals surface area contributed by atoms with E-state index in [0.29, 0.717) is 10.8 Å². The maximum Gasteiger partial charge on any atom is 0.0468 e. The van der Waals surface area contributed by atoms with Crippen LogP contribution in [0.4, 0.5) is 17.1 Å². The lowest BCUT2D eigenvalue weighted by atomic mass is 9.25. The molecule has 8 bridgehead atoms. The molecule has 0 amide bonds. The van der Waals surface area contributed by atoms with Crippen molar-refractivity contribution in [3.05, 3.63) is 138 Å². The fraction of sp³-hybridized carbons (Fsp3) is 0.360. The van der Waals surface area contributed by atoms with E-state index >= 15 is 0 Å². The Kier molecular flexibility index (Phi) is 5.58. The molecule has 0 N–H and O–H groups in total. The Hall–Kier alpha value is -4.36. The van der Waals surface area contributed by atoms with Crippen LogP contribution in [-0.4, -0.2) is 0 Å². The third kappa shape index (κ3) is 3.59. The number of fused-ring (bicyclic) bond motifs is 6. The van der Waals surface area contributed by atoms with Gasteiger partial charge in [0.2, 0.25) is 0 Å². The summed E-state index contributed by atoms with van der Waals surface area (Å²) in [6.45, 7) is 7.55. The van der Waals surface area contributed by atoms with E-state index in [1.54, 1.807) is 12.0 Å². The van der Waals surface area contributed by atoms with E-state index in [1.165, 1.54) is 93.0 Å². The first-order valence-electron chi connectivity index (χ1n) is 19.9. The van der Waals surface area contributed by atoms with Gasteiger partial charge in [-0.1, -0.05) is 106 Å². The van der Waals surface area contributed by atoms with E-state index in [4.69, 9.17) is 0 Å². The third-order valence-corrected chi connectivity index (χ3v) is 16.2.